The van der Waals surface area contributed by atoms with Crippen molar-refractivity contribution in [3.63, 3.8) is 0 Å². The van der Waals surface area contributed by atoms with Gasteiger partial charge in [-0.05, 0) is 86.3 Å². The van der Waals surface area contributed by atoms with E-state index in [0.29, 0.717) is 0 Å². The molecule has 1 aliphatic rings. The van der Waals surface area contributed by atoms with E-state index in [9.17, 15) is 0 Å². The molecule has 9 rings (SSSR count). The molecular formula is C43H37N5O. The van der Waals surface area contributed by atoms with E-state index in [2.05, 4.69) is 157 Å². The van der Waals surface area contributed by atoms with Crippen molar-refractivity contribution >= 4 is 38.5 Å². The number of rotatable bonds is 5. The second-order valence-electron chi connectivity index (χ2n) is 13.3. The average Bonchev–Trinajstić information content (AvgIpc) is 3.71. The second-order valence-corrected chi connectivity index (χ2v) is 13.3. The number of benzene rings is 5. The Labute approximate surface area is 286 Å². The van der Waals surface area contributed by atoms with E-state index < -0.39 is 0 Å². The number of aromatic nitrogens is 4. The SMILES string of the molecule is Cc1cccc(C)c1N1C(C)c2cnc(-n3c4ccccc4c4ccc(Oc5cccc(-n6[c-][n+](C)c7ccccc76)c5)cc43)cc2C1C. The van der Waals surface area contributed by atoms with Crippen LogP contribution in [0.2, 0.25) is 0 Å². The van der Waals surface area contributed by atoms with Crippen LogP contribution in [0.5, 0.6) is 11.5 Å². The molecule has 0 bridgehead atoms. The Morgan fingerprint density at radius 2 is 1.37 bits per heavy atom. The summed E-state index contributed by atoms with van der Waals surface area (Å²) in [7, 11) is 2.02. The number of imidazole rings is 1. The normalized spacial score (nSPS) is 15.8. The van der Waals surface area contributed by atoms with Crippen LogP contribution in [0.25, 0.3) is 44.3 Å². The number of nitrogens with zero attached hydrogens (tertiary/aromatic N) is 5. The van der Waals surface area contributed by atoms with Crippen molar-refractivity contribution in [3.8, 4) is 23.0 Å². The summed E-state index contributed by atoms with van der Waals surface area (Å²) in [5.74, 6) is 2.44. The zero-order valence-corrected chi connectivity index (χ0v) is 28.3. The van der Waals surface area contributed by atoms with Gasteiger partial charge in [-0.25, -0.2) is 4.98 Å². The molecule has 0 radical (unpaired) electrons. The maximum Gasteiger partial charge on any atom is 0.244 e. The summed E-state index contributed by atoms with van der Waals surface area (Å²) >= 11 is 0. The predicted molar refractivity (Wildman–Crippen MR) is 197 cm³/mol. The number of pyridine rings is 1. The number of hydrogen-bond acceptors (Lipinski definition) is 3. The molecule has 1 aliphatic heterocycles. The van der Waals surface area contributed by atoms with Gasteiger partial charge in [-0.2, -0.15) is 0 Å². The van der Waals surface area contributed by atoms with Crippen molar-refractivity contribution in [1.29, 1.82) is 0 Å². The lowest BCUT2D eigenvalue weighted by Crippen LogP contribution is -2.26. The summed E-state index contributed by atoms with van der Waals surface area (Å²) in [6.07, 6.45) is 5.52. The molecule has 0 amide bonds. The Balaban J connectivity index is 1.12. The van der Waals surface area contributed by atoms with Crippen LogP contribution in [-0.2, 0) is 7.05 Å². The van der Waals surface area contributed by atoms with Gasteiger partial charge in [-0.3, -0.25) is 4.57 Å². The lowest BCUT2D eigenvalue weighted by Gasteiger charge is -2.32. The average molecular weight is 640 g/mol. The molecule has 5 aromatic carbocycles. The molecular weight excluding hydrogens is 603 g/mol. The number of ether oxygens (including phenoxy) is 1. The van der Waals surface area contributed by atoms with Crippen molar-refractivity contribution in [2.45, 2.75) is 39.8 Å². The van der Waals surface area contributed by atoms with Crippen molar-refractivity contribution in [1.82, 2.24) is 14.1 Å². The van der Waals surface area contributed by atoms with Gasteiger partial charge in [0.2, 0.25) is 6.33 Å². The van der Waals surface area contributed by atoms with Gasteiger partial charge >= 0.3 is 0 Å². The van der Waals surface area contributed by atoms with Crippen LogP contribution >= 0.6 is 0 Å². The van der Waals surface area contributed by atoms with Crippen LogP contribution in [-0.4, -0.2) is 14.1 Å². The summed E-state index contributed by atoms with van der Waals surface area (Å²) in [6.45, 7) is 9.04. The van der Waals surface area contributed by atoms with Crippen LogP contribution in [0.4, 0.5) is 5.69 Å². The van der Waals surface area contributed by atoms with Gasteiger partial charge in [0, 0.05) is 28.7 Å². The molecule has 6 nitrogen and oxygen atoms in total. The molecule has 0 aliphatic carbocycles. The molecule has 0 fully saturated rings. The first-order valence-electron chi connectivity index (χ1n) is 16.9. The number of anilines is 1. The highest BCUT2D eigenvalue weighted by molar-refractivity contribution is 6.09. The summed E-state index contributed by atoms with van der Waals surface area (Å²) in [5, 5.41) is 2.35. The minimum Gasteiger partial charge on any atom is -0.458 e. The monoisotopic (exact) mass is 639 g/mol. The summed E-state index contributed by atoms with van der Waals surface area (Å²) in [5.41, 5.74) is 11.9. The minimum atomic E-state index is 0.211. The number of aryl methyl sites for hydroxylation is 3. The molecule has 2 unspecified atom stereocenters. The molecule has 0 N–H and O–H groups in total. The molecule has 8 aromatic rings. The molecule has 0 saturated heterocycles. The third-order valence-electron chi connectivity index (χ3n) is 10.3. The standard InChI is InChI=1S/C43H37N5O/c1-27-12-10-13-28(2)43(27)47-29(3)36-24-42(44-25-37(36)30(47)4)48-38-17-7-6-16-34(38)35-21-20-33(23-41(35)48)49-32-15-11-14-31(22-32)46-26-45(5)39-18-8-9-19-40(39)46/h6-25,29-30H,1-5H3. The third-order valence-corrected chi connectivity index (χ3v) is 10.3. The minimum absolute atomic E-state index is 0.211. The first-order chi connectivity index (χ1) is 23.9. The Hall–Kier alpha value is -5.88. The zero-order chi connectivity index (χ0) is 33.4. The van der Waals surface area contributed by atoms with E-state index >= 15 is 0 Å². The fourth-order valence-electron chi connectivity index (χ4n) is 8.01. The highest BCUT2D eigenvalue weighted by Crippen LogP contribution is 2.47. The van der Waals surface area contributed by atoms with E-state index in [0.717, 1.165) is 45.1 Å². The molecule has 0 saturated carbocycles. The van der Waals surface area contributed by atoms with Crippen LogP contribution < -0.4 is 14.2 Å². The topological polar surface area (TPSA) is 39.1 Å². The van der Waals surface area contributed by atoms with Crippen molar-refractivity contribution in [3.05, 3.63) is 150 Å². The second kappa shape index (κ2) is 11.1. The summed E-state index contributed by atoms with van der Waals surface area (Å²) in [6, 6.07) is 40.8. The summed E-state index contributed by atoms with van der Waals surface area (Å²) in [4.78, 5) is 7.68. The van der Waals surface area contributed by atoms with Gasteiger partial charge < -0.3 is 18.8 Å². The van der Waals surface area contributed by atoms with Gasteiger partial charge in [-0.15, -0.1) is 0 Å². The van der Waals surface area contributed by atoms with Crippen molar-refractivity contribution < 1.29 is 9.30 Å². The van der Waals surface area contributed by atoms with Crippen molar-refractivity contribution in [2.24, 2.45) is 7.05 Å². The Morgan fingerprint density at radius 3 is 2.20 bits per heavy atom. The Kier molecular flexibility index (Phi) is 6.63. The quantitative estimate of drug-likeness (QED) is 0.139. The van der Waals surface area contributed by atoms with Crippen LogP contribution in [0, 0.1) is 20.2 Å². The van der Waals surface area contributed by atoms with E-state index in [1.54, 1.807) is 0 Å². The molecule has 240 valence electrons. The maximum absolute atomic E-state index is 6.57. The lowest BCUT2D eigenvalue weighted by molar-refractivity contribution is -0.649. The third kappa shape index (κ3) is 4.55. The highest BCUT2D eigenvalue weighted by Gasteiger charge is 2.35. The largest absolute Gasteiger partial charge is 0.458 e. The fraction of sp³-hybridized carbons (Fsp3) is 0.163. The van der Waals surface area contributed by atoms with E-state index in [4.69, 9.17) is 9.72 Å². The van der Waals surface area contributed by atoms with E-state index in [1.165, 1.54) is 38.7 Å². The molecule has 4 heterocycles. The first kappa shape index (κ1) is 29.3. The Bertz CT molecular complexity index is 2560. The fourth-order valence-corrected chi connectivity index (χ4v) is 8.01. The van der Waals surface area contributed by atoms with Crippen LogP contribution in [0.3, 0.4) is 0 Å². The van der Waals surface area contributed by atoms with E-state index in [1.807, 2.05) is 23.7 Å². The lowest BCUT2D eigenvalue weighted by atomic mass is 10.1. The number of fused-ring (bicyclic) bond motifs is 5. The molecule has 3 aromatic heterocycles. The zero-order valence-electron chi connectivity index (χ0n) is 28.3. The smallest absolute Gasteiger partial charge is 0.244 e. The van der Waals surface area contributed by atoms with Gasteiger partial charge in [0.25, 0.3) is 0 Å². The predicted octanol–water partition coefficient (Wildman–Crippen LogP) is 9.80. The van der Waals surface area contributed by atoms with Gasteiger partial charge in [0.05, 0.1) is 46.9 Å². The maximum atomic E-state index is 6.57. The van der Waals surface area contributed by atoms with Crippen LogP contribution in [0.15, 0.2) is 121 Å². The molecule has 2 atom stereocenters. The van der Waals surface area contributed by atoms with Crippen molar-refractivity contribution in [2.75, 3.05) is 4.90 Å². The van der Waals surface area contributed by atoms with Gasteiger partial charge in [-0.1, -0.05) is 72.8 Å². The Morgan fingerprint density at radius 1 is 0.673 bits per heavy atom. The number of para-hydroxylation sites is 4. The van der Waals surface area contributed by atoms with Crippen LogP contribution in [0.1, 0.15) is 48.2 Å². The van der Waals surface area contributed by atoms with Gasteiger partial charge in [0.1, 0.15) is 17.3 Å². The molecule has 6 heteroatoms. The highest BCUT2D eigenvalue weighted by atomic mass is 16.5. The first-order valence-corrected chi connectivity index (χ1v) is 16.9. The number of hydrogen-bond donors (Lipinski definition) is 0. The molecule has 0 spiro atoms. The molecule has 49 heavy (non-hydrogen) atoms. The summed E-state index contributed by atoms with van der Waals surface area (Å²) < 4.78 is 13.0. The van der Waals surface area contributed by atoms with Gasteiger partial charge in [0.15, 0.2) is 0 Å². The van der Waals surface area contributed by atoms with E-state index in [-0.39, 0.29) is 12.1 Å².